The molecule has 0 saturated carbocycles. The van der Waals surface area contributed by atoms with Crippen LogP contribution >= 0.6 is 11.6 Å². The predicted octanol–water partition coefficient (Wildman–Crippen LogP) is 6.06. The van der Waals surface area contributed by atoms with Crippen LogP contribution in [0.25, 0.3) is 6.08 Å². The minimum absolute atomic E-state index is 0.0373. The first kappa shape index (κ1) is 29.2. The molecule has 0 aromatic heterocycles. The van der Waals surface area contributed by atoms with Gasteiger partial charge in [0.05, 0.1) is 41.2 Å². The second-order valence-electron chi connectivity index (χ2n) is 8.55. The van der Waals surface area contributed by atoms with E-state index >= 15 is 0 Å². The summed E-state index contributed by atoms with van der Waals surface area (Å²) < 4.78 is 38.7. The lowest BCUT2D eigenvalue weighted by molar-refractivity contribution is -0.111. The van der Waals surface area contributed by atoms with Gasteiger partial charge in [-0.15, -0.1) is 0 Å². The van der Waals surface area contributed by atoms with E-state index in [1.165, 1.54) is 44.6 Å². The third-order valence-corrected chi connectivity index (χ3v) is 7.51. The molecule has 0 unspecified atom stereocenters. The number of para-hydroxylation sites is 1. The molecule has 0 aliphatic heterocycles. The molecule has 0 bridgehead atoms. The number of halogens is 1. The van der Waals surface area contributed by atoms with Crippen molar-refractivity contribution in [1.82, 2.24) is 0 Å². The molecule has 4 aromatic rings. The van der Waals surface area contributed by atoms with E-state index in [0.29, 0.717) is 34.0 Å². The number of sulfonamides is 1. The highest BCUT2D eigenvalue weighted by Crippen LogP contribution is 2.36. The quantitative estimate of drug-likeness (QED) is 0.193. The number of anilines is 3. The zero-order chi connectivity index (χ0) is 29.4. The Kier molecular flexibility index (Phi) is 9.28. The number of rotatable bonds is 10. The van der Waals surface area contributed by atoms with Crippen LogP contribution in [-0.2, 0) is 14.8 Å². The second-order valence-corrected chi connectivity index (χ2v) is 10.6. The lowest BCUT2D eigenvalue weighted by Gasteiger charge is -2.16. The molecule has 9 nitrogen and oxygen atoms in total. The molecule has 3 N–H and O–H groups in total. The summed E-state index contributed by atoms with van der Waals surface area (Å²) in [5.41, 5.74) is 2.03. The fourth-order valence-corrected chi connectivity index (χ4v) is 5.05. The Hall–Kier alpha value is -4.80. The third-order valence-electron chi connectivity index (χ3n) is 5.80. The Morgan fingerprint density at radius 1 is 0.756 bits per heavy atom. The van der Waals surface area contributed by atoms with Crippen LogP contribution in [0.2, 0.25) is 5.02 Å². The van der Waals surface area contributed by atoms with Crippen LogP contribution in [0, 0.1) is 0 Å². The fourth-order valence-electron chi connectivity index (χ4n) is 3.73. The largest absolute Gasteiger partial charge is 0.494 e. The van der Waals surface area contributed by atoms with E-state index in [4.69, 9.17) is 21.1 Å². The predicted molar refractivity (Wildman–Crippen MR) is 160 cm³/mol. The van der Waals surface area contributed by atoms with Gasteiger partial charge in [-0.3, -0.25) is 14.3 Å². The first-order chi connectivity index (χ1) is 19.7. The zero-order valence-corrected chi connectivity index (χ0v) is 23.6. The molecule has 41 heavy (non-hydrogen) atoms. The van der Waals surface area contributed by atoms with Gasteiger partial charge in [-0.05, 0) is 48.0 Å². The lowest BCUT2D eigenvalue weighted by Crippen LogP contribution is -2.14. The number of benzene rings is 4. The van der Waals surface area contributed by atoms with Gasteiger partial charge in [0.25, 0.3) is 15.9 Å². The van der Waals surface area contributed by atoms with Crippen molar-refractivity contribution >= 4 is 56.6 Å². The number of amides is 2. The van der Waals surface area contributed by atoms with Crippen molar-refractivity contribution in [2.24, 2.45) is 0 Å². The van der Waals surface area contributed by atoms with E-state index in [1.54, 1.807) is 66.7 Å². The van der Waals surface area contributed by atoms with Gasteiger partial charge in [-0.2, -0.15) is 0 Å². The summed E-state index contributed by atoms with van der Waals surface area (Å²) in [7, 11) is -0.975. The molecule has 0 heterocycles. The Bertz CT molecular complexity index is 1690. The number of carbonyl (C=O) groups excluding carboxylic acids is 2. The zero-order valence-electron chi connectivity index (χ0n) is 22.1. The van der Waals surface area contributed by atoms with Crippen LogP contribution in [0.3, 0.4) is 0 Å². The van der Waals surface area contributed by atoms with Gasteiger partial charge in [-0.25, -0.2) is 8.42 Å². The molecule has 2 amide bonds. The molecule has 11 heteroatoms. The van der Waals surface area contributed by atoms with E-state index in [-0.39, 0.29) is 21.5 Å². The second kappa shape index (κ2) is 13.0. The van der Waals surface area contributed by atoms with Crippen LogP contribution in [0.15, 0.2) is 102 Å². The van der Waals surface area contributed by atoms with Crippen molar-refractivity contribution in [3.05, 3.63) is 113 Å². The van der Waals surface area contributed by atoms with Crippen LogP contribution < -0.4 is 24.8 Å². The molecule has 0 fully saturated rings. The van der Waals surface area contributed by atoms with E-state index in [0.717, 1.165) is 0 Å². The van der Waals surface area contributed by atoms with Crippen LogP contribution in [0.1, 0.15) is 15.9 Å². The molecule has 4 aromatic carbocycles. The summed E-state index contributed by atoms with van der Waals surface area (Å²) in [5, 5.41) is 5.79. The topological polar surface area (TPSA) is 123 Å². The van der Waals surface area contributed by atoms with Crippen LogP contribution in [0.4, 0.5) is 17.1 Å². The van der Waals surface area contributed by atoms with Gasteiger partial charge in [0.2, 0.25) is 5.91 Å². The number of ether oxygens (including phenoxy) is 2. The minimum atomic E-state index is -3.86. The number of hydrogen-bond acceptors (Lipinski definition) is 6. The van der Waals surface area contributed by atoms with Gasteiger partial charge in [0.1, 0.15) is 11.5 Å². The van der Waals surface area contributed by atoms with E-state index in [9.17, 15) is 18.0 Å². The molecule has 0 atom stereocenters. The number of nitrogens with one attached hydrogen (secondary N) is 3. The Labute approximate surface area is 242 Å². The molecule has 0 aliphatic carbocycles. The monoisotopic (exact) mass is 591 g/mol. The van der Waals surface area contributed by atoms with Crippen molar-refractivity contribution in [3.8, 4) is 11.5 Å². The van der Waals surface area contributed by atoms with E-state index in [2.05, 4.69) is 15.4 Å². The number of carbonyl (C=O) groups is 2. The third kappa shape index (κ3) is 7.44. The van der Waals surface area contributed by atoms with Gasteiger partial charge >= 0.3 is 0 Å². The molecule has 0 aliphatic rings. The summed E-state index contributed by atoms with van der Waals surface area (Å²) >= 11 is 6.05. The number of hydrogen-bond donors (Lipinski definition) is 3. The average molecular weight is 592 g/mol. The maximum atomic E-state index is 12.7. The van der Waals surface area contributed by atoms with E-state index < -0.39 is 15.9 Å². The van der Waals surface area contributed by atoms with Gasteiger partial charge in [-0.1, -0.05) is 54.1 Å². The molecule has 0 saturated heterocycles. The Morgan fingerprint density at radius 3 is 1.95 bits per heavy atom. The number of methoxy groups -OCH3 is 2. The molecule has 210 valence electrons. The van der Waals surface area contributed by atoms with Gasteiger partial charge in [0, 0.05) is 23.8 Å². The van der Waals surface area contributed by atoms with Crippen LogP contribution in [-0.4, -0.2) is 34.5 Å². The SMILES string of the molecule is COc1cc(NC(=O)c2ccccc2)c(OC)cc1NC(=O)C=Cc1ccc(S(=O)(=O)Nc2ccccc2Cl)cc1. The van der Waals surface area contributed by atoms with Crippen molar-refractivity contribution in [3.63, 3.8) is 0 Å². The highest BCUT2D eigenvalue weighted by Gasteiger charge is 2.17. The fraction of sp³-hybridized carbons (Fsp3) is 0.0667. The Morgan fingerprint density at radius 2 is 1.34 bits per heavy atom. The van der Waals surface area contributed by atoms with Crippen LogP contribution in [0.5, 0.6) is 11.5 Å². The lowest BCUT2D eigenvalue weighted by atomic mass is 10.2. The summed E-state index contributed by atoms with van der Waals surface area (Å²) in [6.45, 7) is 0. The van der Waals surface area contributed by atoms with Crippen molar-refractivity contribution in [2.75, 3.05) is 29.6 Å². The summed E-state index contributed by atoms with van der Waals surface area (Å²) in [5.74, 6) is -0.180. The molecule has 0 radical (unpaired) electrons. The summed E-state index contributed by atoms with van der Waals surface area (Å²) in [6.07, 6.45) is 2.83. The summed E-state index contributed by atoms with van der Waals surface area (Å²) in [6, 6.07) is 24.3. The van der Waals surface area contributed by atoms with Gasteiger partial charge < -0.3 is 20.1 Å². The molecule has 0 spiro atoms. The van der Waals surface area contributed by atoms with Crippen molar-refractivity contribution in [2.45, 2.75) is 4.90 Å². The van der Waals surface area contributed by atoms with Crippen molar-refractivity contribution < 1.29 is 27.5 Å². The highest BCUT2D eigenvalue weighted by molar-refractivity contribution is 7.92. The smallest absolute Gasteiger partial charge is 0.261 e. The van der Waals surface area contributed by atoms with Crippen molar-refractivity contribution in [1.29, 1.82) is 0 Å². The van der Waals surface area contributed by atoms with E-state index in [1.807, 2.05) is 6.07 Å². The molecule has 4 rings (SSSR count). The summed E-state index contributed by atoms with van der Waals surface area (Å²) in [4.78, 5) is 25.3. The average Bonchev–Trinajstić information content (AvgIpc) is 2.98. The first-order valence-corrected chi connectivity index (χ1v) is 14.0. The molecular weight excluding hydrogens is 566 g/mol. The maximum absolute atomic E-state index is 12.7. The maximum Gasteiger partial charge on any atom is 0.261 e. The molecular formula is C30H26ClN3O6S. The standard InChI is InChI=1S/C30H26ClN3O6S/c1-39-27-19-26(33-30(36)21-8-4-3-5-9-21)28(40-2)18-25(27)32-29(35)17-14-20-12-15-22(16-13-20)41(37,38)34-24-11-7-6-10-23(24)31/h3-19,34H,1-2H3,(H,32,35)(H,33,36). The highest BCUT2D eigenvalue weighted by atomic mass is 35.5. The normalized spacial score (nSPS) is 11.1. The Balaban J connectivity index is 1.44. The minimum Gasteiger partial charge on any atom is -0.494 e. The first-order valence-electron chi connectivity index (χ1n) is 12.2. The van der Waals surface area contributed by atoms with Gasteiger partial charge in [0.15, 0.2) is 0 Å².